The van der Waals surface area contributed by atoms with Gasteiger partial charge in [0, 0.05) is 63.0 Å². The molecule has 2 aliphatic rings. The molecule has 5 rings (SSSR count). The van der Waals surface area contributed by atoms with Gasteiger partial charge in [-0.05, 0) is 67.4 Å². The lowest BCUT2D eigenvalue weighted by Crippen LogP contribution is -2.53. The molecule has 40 heavy (non-hydrogen) atoms. The van der Waals surface area contributed by atoms with Crippen molar-refractivity contribution >= 4 is 46.5 Å². The number of aromatic nitrogens is 1. The van der Waals surface area contributed by atoms with E-state index in [0.29, 0.717) is 32.2 Å². The van der Waals surface area contributed by atoms with Crippen molar-refractivity contribution < 1.29 is 6.22 Å². The standard InChI is InChI=1S/C30H31Cl3N6O.H2/c31-25-6-5-23(27(32)16-25)18-36-30(40)24-15-28(33)29(35-19-24)39-13-11-38(12-14-39)26-7-9-37(10-8-26)20-22-3-1-21(17-34)2-4-22;/h1-6,15-16,19,26H,7-14,18,20H2,(H,36,40);1H. The molecule has 0 aliphatic carbocycles. The molecule has 3 heterocycles. The molecule has 7 nitrogen and oxygen atoms in total. The molecular formula is C30H33Cl3N6O. The van der Waals surface area contributed by atoms with Gasteiger partial charge in [-0.3, -0.25) is 14.6 Å². The summed E-state index contributed by atoms with van der Waals surface area (Å²) in [6, 6.07) is 17.5. The molecule has 1 N–H and O–H groups in total. The molecule has 10 heteroatoms. The fraction of sp³-hybridized carbons (Fsp3) is 0.367. The molecule has 2 aromatic carbocycles. The number of pyridine rings is 1. The molecule has 0 radical (unpaired) electrons. The molecule has 3 aromatic rings. The highest BCUT2D eigenvalue weighted by Crippen LogP contribution is 2.27. The maximum atomic E-state index is 12.7. The number of rotatable bonds is 7. The van der Waals surface area contributed by atoms with Crippen LogP contribution in [0, 0.1) is 11.3 Å². The van der Waals surface area contributed by atoms with Crippen molar-refractivity contribution in [3.05, 3.63) is 92.0 Å². The van der Waals surface area contributed by atoms with Crippen LogP contribution in [-0.2, 0) is 13.1 Å². The third kappa shape index (κ3) is 7.06. The van der Waals surface area contributed by atoms with E-state index in [1.165, 1.54) is 5.56 Å². The first kappa shape index (κ1) is 28.7. The number of nitrogens with zero attached hydrogens (tertiary/aromatic N) is 5. The first-order chi connectivity index (χ1) is 19.4. The van der Waals surface area contributed by atoms with Gasteiger partial charge in [-0.25, -0.2) is 4.98 Å². The molecule has 0 bridgehead atoms. The van der Waals surface area contributed by atoms with Gasteiger partial charge < -0.3 is 10.2 Å². The van der Waals surface area contributed by atoms with Crippen LogP contribution in [0.25, 0.3) is 0 Å². The Kier molecular flexibility index (Phi) is 9.46. The topological polar surface area (TPSA) is 75.5 Å². The van der Waals surface area contributed by atoms with Crippen molar-refractivity contribution in [3.8, 4) is 6.07 Å². The minimum Gasteiger partial charge on any atom is -0.353 e. The van der Waals surface area contributed by atoms with Crippen LogP contribution in [0.3, 0.4) is 0 Å². The smallest absolute Gasteiger partial charge is 0.253 e. The zero-order chi connectivity index (χ0) is 28.1. The number of halogens is 3. The highest BCUT2D eigenvalue weighted by molar-refractivity contribution is 6.35. The van der Waals surface area contributed by atoms with Gasteiger partial charge >= 0.3 is 0 Å². The van der Waals surface area contributed by atoms with Crippen LogP contribution in [0.2, 0.25) is 15.1 Å². The highest BCUT2D eigenvalue weighted by atomic mass is 35.5. The summed E-state index contributed by atoms with van der Waals surface area (Å²) in [7, 11) is 0. The summed E-state index contributed by atoms with van der Waals surface area (Å²) in [5.74, 6) is 0.457. The molecule has 0 unspecified atom stereocenters. The van der Waals surface area contributed by atoms with Crippen molar-refractivity contribution in [3.63, 3.8) is 0 Å². The van der Waals surface area contributed by atoms with E-state index in [4.69, 9.17) is 40.1 Å². The first-order valence-electron chi connectivity index (χ1n) is 13.5. The summed E-state index contributed by atoms with van der Waals surface area (Å²) < 4.78 is 0. The second-order valence-corrected chi connectivity index (χ2v) is 11.5. The highest BCUT2D eigenvalue weighted by Gasteiger charge is 2.28. The molecular weight excluding hydrogens is 567 g/mol. The van der Waals surface area contributed by atoms with E-state index >= 15 is 0 Å². The maximum Gasteiger partial charge on any atom is 0.253 e. The third-order valence-corrected chi connectivity index (χ3v) is 8.58. The van der Waals surface area contributed by atoms with Gasteiger partial charge in [0.2, 0.25) is 0 Å². The Morgan fingerprint density at radius 3 is 2.35 bits per heavy atom. The van der Waals surface area contributed by atoms with E-state index in [9.17, 15) is 4.79 Å². The van der Waals surface area contributed by atoms with Crippen molar-refractivity contribution in [2.45, 2.75) is 32.0 Å². The normalized spacial score (nSPS) is 17.0. The molecule has 2 aliphatic heterocycles. The molecule has 1 amide bonds. The second kappa shape index (κ2) is 13.2. The number of hydrogen-bond donors (Lipinski definition) is 1. The molecule has 0 atom stereocenters. The second-order valence-electron chi connectivity index (χ2n) is 10.3. The summed E-state index contributed by atoms with van der Waals surface area (Å²) in [6.45, 7) is 6.98. The Bertz CT molecular complexity index is 1380. The number of carbonyl (C=O) groups excluding carboxylic acids is 1. The lowest BCUT2D eigenvalue weighted by Gasteiger charge is -2.43. The minimum absolute atomic E-state index is 0. The molecule has 1 aromatic heterocycles. The summed E-state index contributed by atoms with van der Waals surface area (Å²) >= 11 is 18.7. The number of anilines is 1. The van der Waals surface area contributed by atoms with Crippen molar-refractivity contribution in [2.75, 3.05) is 44.2 Å². The van der Waals surface area contributed by atoms with Crippen LogP contribution in [0.5, 0.6) is 0 Å². The van der Waals surface area contributed by atoms with E-state index in [-0.39, 0.29) is 13.9 Å². The number of amides is 1. The Morgan fingerprint density at radius 2 is 1.70 bits per heavy atom. The average Bonchev–Trinajstić information content (AvgIpc) is 2.97. The summed E-state index contributed by atoms with van der Waals surface area (Å²) in [6.07, 6.45) is 3.89. The fourth-order valence-electron chi connectivity index (χ4n) is 5.41. The first-order valence-corrected chi connectivity index (χ1v) is 14.6. The number of nitrogens with one attached hydrogen (secondary N) is 1. The van der Waals surface area contributed by atoms with E-state index in [2.05, 4.69) is 43.2 Å². The molecule has 2 saturated heterocycles. The predicted octanol–water partition coefficient (Wildman–Crippen LogP) is 5.88. The van der Waals surface area contributed by atoms with E-state index in [0.717, 1.165) is 70.0 Å². The maximum absolute atomic E-state index is 12.7. The van der Waals surface area contributed by atoms with Crippen LogP contribution in [0.15, 0.2) is 54.7 Å². The summed E-state index contributed by atoms with van der Waals surface area (Å²) in [4.78, 5) is 24.5. The number of hydrogen-bond acceptors (Lipinski definition) is 6. The zero-order valence-electron chi connectivity index (χ0n) is 22.1. The Morgan fingerprint density at radius 1 is 0.975 bits per heavy atom. The number of nitriles is 1. The Balaban J connectivity index is 0.00000387. The van der Waals surface area contributed by atoms with Crippen LogP contribution >= 0.6 is 34.8 Å². The average molecular weight is 600 g/mol. The third-order valence-electron chi connectivity index (χ3n) is 7.71. The monoisotopic (exact) mass is 598 g/mol. The fourth-order valence-corrected chi connectivity index (χ4v) is 6.18. The van der Waals surface area contributed by atoms with E-state index in [1.807, 2.05) is 12.1 Å². The molecule has 0 spiro atoms. The number of likely N-dealkylation sites (tertiary alicyclic amines) is 1. The Hall–Kier alpha value is -2.86. The van der Waals surface area contributed by atoms with Gasteiger partial charge in [0.1, 0.15) is 5.82 Å². The van der Waals surface area contributed by atoms with Gasteiger partial charge in [-0.2, -0.15) is 5.26 Å². The van der Waals surface area contributed by atoms with Gasteiger partial charge in [0.15, 0.2) is 0 Å². The van der Waals surface area contributed by atoms with Gasteiger partial charge in [0.05, 0.1) is 22.2 Å². The van der Waals surface area contributed by atoms with Crippen LogP contribution in [0.1, 0.15) is 41.3 Å². The van der Waals surface area contributed by atoms with Crippen LogP contribution < -0.4 is 10.2 Å². The lowest BCUT2D eigenvalue weighted by atomic mass is 10.0. The lowest BCUT2D eigenvalue weighted by molar-refractivity contribution is 0.0950. The van der Waals surface area contributed by atoms with Crippen molar-refractivity contribution in [2.24, 2.45) is 0 Å². The van der Waals surface area contributed by atoms with Gasteiger partial charge in [-0.15, -0.1) is 0 Å². The quantitative estimate of drug-likeness (QED) is 0.366. The van der Waals surface area contributed by atoms with Crippen LogP contribution in [0.4, 0.5) is 5.82 Å². The largest absolute Gasteiger partial charge is 0.353 e. The SMILES string of the molecule is N#Cc1ccc(CN2CCC(N3CCN(c4ncc(C(=O)NCc5ccc(Cl)cc5Cl)cc4Cl)CC3)CC2)cc1.[HH]. The molecule has 210 valence electrons. The van der Waals surface area contributed by atoms with Gasteiger partial charge in [-0.1, -0.05) is 53.0 Å². The Labute approximate surface area is 251 Å². The van der Waals surface area contributed by atoms with Gasteiger partial charge in [0.25, 0.3) is 5.91 Å². The number of piperazine rings is 1. The molecule has 2 fully saturated rings. The zero-order valence-corrected chi connectivity index (χ0v) is 24.4. The van der Waals surface area contributed by atoms with Crippen molar-refractivity contribution in [1.82, 2.24) is 20.1 Å². The summed E-state index contributed by atoms with van der Waals surface area (Å²) in [5, 5.41) is 13.4. The van der Waals surface area contributed by atoms with Crippen LogP contribution in [-0.4, -0.2) is 66.0 Å². The predicted molar refractivity (Wildman–Crippen MR) is 162 cm³/mol. The number of carbonyl (C=O) groups is 1. The van der Waals surface area contributed by atoms with E-state index in [1.54, 1.807) is 30.5 Å². The number of benzene rings is 2. The minimum atomic E-state index is -0.262. The summed E-state index contributed by atoms with van der Waals surface area (Å²) in [5.41, 5.74) is 3.15. The van der Waals surface area contributed by atoms with E-state index < -0.39 is 0 Å². The molecule has 0 saturated carbocycles. The van der Waals surface area contributed by atoms with Crippen molar-refractivity contribution in [1.29, 1.82) is 5.26 Å². The number of piperidine rings is 1.